The Labute approximate surface area is 98.7 Å². The van der Waals surface area contributed by atoms with Crippen LogP contribution in [0.3, 0.4) is 0 Å². The molecule has 0 aromatic carbocycles. The van der Waals surface area contributed by atoms with E-state index >= 15 is 0 Å². The molecule has 2 saturated carbocycles. The molecule has 0 spiro atoms. The van der Waals surface area contributed by atoms with Crippen LogP contribution in [0.15, 0.2) is 0 Å². The molecular weight excluding hydrogens is 200 g/mol. The van der Waals surface area contributed by atoms with Crippen LogP contribution < -0.4 is 0 Å². The van der Waals surface area contributed by atoms with E-state index in [9.17, 15) is 4.79 Å². The molecule has 2 aliphatic carbocycles. The second-order valence-corrected chi connectivity index (χ2v) is 5.54. The van der Waals surface area contributed by atoms with Crippen LogP contribution in [0.25, 0.3) is 0 Å². The zero-order valence-electron chi connectivity index (χ0n) is 10.4. The summed E-state index contributed by atoms with van der Waals surface area (Å²) in [5.74, 6) is 2.98. The lowest BCUT2D eigenvalue weighted by molar-refractivity contribution is -0.121. The third-order valence-electron chi connectivity index (χ3n) is 4.25. The molecule has 0 N–H and O–H groups in total. The molecule has 0 aliphatic heterocycles. The second-order valence-electron chi connectivity index (χ2n) is 5.54. The summed E-state index contributed by atoms with van der Waals surface area (Å²) < 4.78 is 5.36. The van der Waals surface area contributed by atoms with Gasteiger partial charge >= 0.3 is 0 Å². The predicted molar refractivity (Wildman–Crippen MR) is 64.3 cm³/mol. The lowest BCUT2D eigenvalue weighted by atomic mass is 9.85. The van der Waals surface area contributed by atoms with E-state index in [1.54, 1.807) is 0 Å². The summed E-state index contributed by atoms with van der Waals surface area (Å²) in [5, 5.41) is 0. The van der Waals surface area contributed by atoms with Crippen molar-refractivity contribution in [2.45, 2.75) is 51.9 Å². The topological polar surface area (TPSA) is 26.3 Å². The number of ketones is 1. The van der Waals surface area contributed by atoms with E-state index in [0.29, 0.717) is 18.8 Å². The maximum absolute atomic E-state index is 11.8. The molecule has 2 fully saturated rings. The Hall–Kier alpha value is -0.370. The first kappa shape index (κ1) is 12.1. The van der Waals surface area contributed by atoms with Crippen molar-refractivity contribution >= 4 is 5.78 Å². The van der Waals surface area contributed by atoms with Gasteiger partial charge in [0, 0.05) is 19.4 Å². The van der Waals surface area contributed by atoms with E-state index < -0.39 is 0 Å². The van der Waals surface area contributed by atoms with E-state index in [2.05, 4.69) is 6.92 Å². The van der Waals surface area contributed by atoms with Crippen molar-refractivity contribution in [3.05, 3.63) is 0 Å². The zero-order chi connectivity index (χ0) is 11.4. The average Bonchev–Trinajstić information content (AvgIpc) is 2.86. The van der Waals surface area contributed by atoms with E-state index in [-0.39, 0.29) is 0 Å². The molecule has 0 amide bonds. The standard InChI is InChI=1S/C14H24O2/c1-2-6-16-7-5-14(15)10-13-9-11-3-4-12(13)8-11/h11-13H,2-10H2,1H3. The molecule has 0 saturated heterocycles. The van der Waals surface area contributed by atoms with Gasteiger partial charge < -0.3 is 4.74 Å². The fourth-order valence-corrected chi connectivity index (χ4v) is 3.45. The monoisotopic (exact) mass is 224 g/mol. The molecule has 0 radical (unpaired) electrons. The highest BCUT2D eigenvalue weighted by molar-refractivity contribution is 5.78. The molecule has 0 aromatic heterocycles. The molecule has 2 rings (SSSR count). The van der Waals surface area contributed by atoms with E-state index in [0.717, 1.165) is 37.2 Å². The fourth-order valence-electron chi connectivity index (χ4n) is 3.45. The smallest absolute Gasteiger partial charge is 0.135 e. The highest BCUT2D eigenvalue weighted by atomic mass is 16.5. The maximum atomic E-state index is 11.8. The molecule has 2 heteroatoms. The molecule has 2 aliphatic rings. The van der Waals surface area contributed by atoms with Crippen LogP contribution in [0.2, 0.25) is 0 Å². The van der Waals surface area contributed by atoms with Crippen LogP contribution in [-0.2, 0) is 9.53 Å². The lowest BCUT2D eigenvalue weighted by Crippen LogP contribution is -2.16. The molecule has 2 nitrogen and oxygen atoms in total. The van der Waals surface area contributed by atoms with Gasteiger partial charge in [-0.3, -0.25) is 4.79 Å². The molecule has 0 heterocycles. The van der Waals surface area contributed by atoms with E-state index in [1.807, 2.05) is 0 Å². The number of ether oxygens (including phenoxy) is 1. The summed E-state index contributed by atoms with van der Waals surface area (Å²) >= 11 is 0. The van der Waals surface area contributed by atoms with Gasteiger partial charge in [-0.1, -0.05) is 13.3 Å². The highest BCUT2D eigenvalue weighted by Crippen LogP contribution is 2.49. The Kier molecular flexibility index (Phi) is 4.39. The van der Waals surface area contributed by atoms with Gasteiger partial charge in [-0.25, -0.2) is 0 Å². The van der Waals surface area contributed by atoms with Gasteiger partial charge in [0.2, 0.25) is 0 Å². The number of rotatable bonds is 7. The van der Waals surface area contributed by atoms with Gasteiger partial charge in [-0.2, -0.15) is 0 Å². The molecule has 3 atom stereocenters. The largest absolute Gasteiger partial charge is 0.381 e. The van der Waals surface area contributed by atoms with Crippen LogP contribution in [0.5, 0.6) is 0 Å². The molecule has 3 unspecified atom stereocenters. The zero-order valence-corrected chi connectivity index (χ0v) is 10.4. The normalized spacial score (nSPS) is 32.2. The van der Waals surface area contributed by atoms with Crippen molar-refractivity contribution in [1.82, 2.24) is 0 Å². The number of Topliss-reactive ketones (excluding diaryl/α,β-unsaturated/α-hetero) is 1. The van der Waals surface area contributed by atoms with Gasteiger partial charge in [0.05, 0.1) is 6.61 Å². The van der Waals surface area contributed by atoms with Crippen molar-refractivity contribution in [3.63, 3.8) is 0 Å². The van der Waals surface area contributed by atoms with Gasteiger partial charge in [-0.15, -0.1) is 0 Å². The first-order valence-electron chi connectivity index (χ1n) is 6.89. The number of hydrogen-bond donors (Lipinski definition) is 0. The summed E-state index contributed by atoms with van der Waals surface area (Å²) in [6.45, 7) is 3.52. The minimum Gasteiger partial charge on any atom is -0.381 e. The first-order chi connectivity index (χ1) is 7.79. The van der Waals surface area contributed by atoms with E-state index in [1.165, 1.54) is 25.7 Å². The second kappa shape index (κ2) is 5.81. The quantitative estimate of drug-likeness (QED) is 0.621. The van der Waals surface area contributed by atoms with Gasteiger partial charge in [0.1, 0.15) is 5.78 Å². The SMILES string of the molecule is CCCOCCC(=O)CC1CC2CCC1C2. The Morgan fingerprint density at radius 3 is 2.75 bits per heavy atom. The Morgan fingerprint density at radius 2 is 2.12 bits per heavy atom. The van der Waals surface area contributed by atoms with Gasteiger partial charge in [0.15, 0.2) is 0 Å². The van der Waals surface area contributed by atoms with Crippen LogP contribution in [-0.4, -0.2) is 19.0 Å². The summed E-state index contributed by atoms with van der Waals surface area (Å²) in [5.41, 5.74) is 0. The van der Waals surface area contributed by atoms with Crippen LogP contribution in [0.1, 0.15) is 51.9 Å². The molecule has 92 valence electrons. The maximum Gasteiger partial charge on any atom is 0.135 e. The molecule has 16 heavy (non-hydrogen) atoms. The van der Waals surface area contributed by atoms with Crippen LogP contribution >= 0.6 is 0 Å². The number of carbonyl (C=O) groups is 1. The summed E-state index contributed by atoms with van der Waals surface area (Å²) in [4.78, 5) is 11.8. The Morgan fingerprint density at radius 1 is 1.25 bits per heavy atom. The van der Waals surface area contributed by atoms with Gasteiger partial charge in [-0.05, 0) is 43.4 Å². The number of fused-ring (bicyclic) bond motifs is 2. The number of carbonyl (C=O) groups excluding carboxylic acids is 1. The third kappa shape index (κ3) is 3.07. The minimum absolute atomic E-state index is 0.425. The molecule has 2 bridgehead atoms. The average molecular weight is 224 g/mol. The lowest BCUT2D eigenvalue weighted by Gasteiger charge is -2.20. The Balaban J connectivity index is 1.60. The first-order valence-corrected chi connectivity index (χ1v) is 6.89. The molecule has 0 aromatic rings. The van der Waals surface area contributed by atoms with Crippen LogP contribution in [0.4, 0.5) is 0 Å². The Bertz CT molecular complexity index is 237. The highest BCUT2D eigenvalue weighted by Gasteiger charge is 2.39. The van der Waals surface area contributed by atoms with E-state index in [4.69, 9.17) is 4.74 Å². The van der Waals surface area contributed by atoms with Crippen molar-refractivity contribution in [3.8, 4) is 0 Å². The van der Waals surface area contributed by atoms with Crippen molar-refractivity contribution < 1.29 is 9.53 Å². The number of hydrogen-bond acceptors (Lipinski definition) is 2. The van der Waals surface area contributed by atoms with Gasteiger partial charge in [0.25, 0.3) is 0 Å². The summed E-state index contributed by atoms with van der Waals surface area (Å²) in [6.07, 6.45) is 8.05. The molecular formula is C14H24O2. The third-order valence-corrected chi connectivity index (χ3v) is 4.25. The van der Waals surface area contributed by atoms with Crippen molar-refractivity contribution in [1.29, 1.82) is 0 Å². The summed E-state index contributed by atoms with van der Waals surface area (Å²) in [6, 6.07) is 0. The van der Waals surface area contributed by atoms with Crippen molar-refractivity contribution in [2.75, 3.05) is 13.2 Å². The minimum atomic E-state index is 0.425. The fraction of sp³-hybridized carbons (Fsp3) is 0.929. The van der Waals surface area contributed by atoms with Crippen LogP contribution in [0, 0.1) is 17.8 Å². The van der Waals surface area contributed by atoms with Crippen molar-refractivity contribution in [2.24, 2.45) is 17.8 Å². The predicted octanol–water partition coefficient (Wildman–Crippen LogP) is 3.20. The summed E-state index contributed by atoms with van der Waals surface area (Å²) in [7, 11) is 0.